The van der Waals surface area contributed by atoms with E-state index in [1.807, 2.05) is 24.8 Å². The van der Waals surface area contributed by atoms with E-state index in [-0.39, 0.29) is 36.3 Å². The molecule has 104 valence electrons. The molecule has 1 aromatic carbocycles. The first-order chi connectivity index (χ1) is 8.62. The average Bonchev–Trinajstić information content (AvgIpc) is 2.39. The molecule has 19 heavy (non-hydrogen) atoms. The Morgan fingerprint density at radius 1 is 1.42 bits per heavy atom. The van der Waals surface area contributed by atoms with Crippen molar-refractivity contribution in [2.75, 3.05) is 13.1 Å². The largest absolute Gasteiger partial charge is 0.370 e. The molecule has 0 aliphatic rings. The molecule has 2 N–H and O–H groups in total. The van der Waals surface area contributed by atoms with Crippen molar-refractivity contribution >= 4 is 29.9 Å². The second kappa shape index (κ2) is 8.69. The summed E-state index contributed by atoms with van der Waals surface area (Å²) in [6, 6.07) is 6.18. The molecular weight excluding hydrogens is 358 g/mol. The number of rotatable bonds is 4. The topological polar surface area (TPSA) is 65.4 Å². The van der Waals surface area contributed by atoms with Gasteiger partial charge in [0.05, 0.1) is 18.2 Å². The van der Waals surface area contributed by atoms with Crippen LogP contribution in [-0.2, 0) is 6.54 Å². The van der Waals surface area contributed by atoms with Gasteiger partial charge in [-0.25, -0.2) is 9.38 Å². The summed E-state index contributed by atoms with van der Waals surface area (Å²) in [6.45, 7) is 5.61. The van der Waals surface area contributed by atoms with Crippen molar-refractivity contribution in [1.82, 2.24) is 4.90 Å². The summed E-state index contributed by atoms with van der Waals surface area (Å²) in [6.07, 6.45) is 0. The van der Waals surface area contributed by atoms with E-state index in [0.717, 1.165) is 13.1 Å². The van der Waals surface area contributed by atoms with Crippen molar-refractivity contribution in [3.63, 3.8) is 0 Å². The standard InChI is InChI=1S/C13H17FN4.HI/c1-3-18(4-2)13(16)17-9-11-7-10(8-15)5-6-12(11)14;/h5-7H,3-4,9H2,1-2H3,(H2,16,17);1H. The smallest absolute Gasteiger partial charge is 0.191 e. The molecule has 0 spiro atoms. The molecule has 1 rings (SSSR count). The fourth-order valence-corrected chi connectivity index (χ4v) is 1.58. The van der Waals surface area contributed by atoms with Gasteiger partial charge in [-0.05, 0) is 32.0 Å². The van der Waals surface area contributed by atoms with Gasteiger partial charge in [-0.15, -0.1) is 24.0 Å². The maximum atomic E-state index is 13.5. The van der Waals surface area contributed by atoms with Gasteiger partial charge < -0.3 is 10.6 Å². The molecule has 0 saturated heterocycles. The van der Waals surface area contributed by atoms with Crippen LogP contribution in [0.1, 0.15) is 25.0 Å². The average molecular weight is 376 g/mol. The van der Waals surface area contributed by atoms with E-state index in [9.17, 15) is 4.39 Å². The number of hydrogen-bond acceptors (Lipinski definition) is 2. The summed E-state index contributed by atoms with van der Waals surface area (Å²) in [7, 11) is 0. The third-order valence-corrected chi connectivity index (χ3v) is 2.67. The predicted molar refractivity (Wildman–Crippen MR) is 84.8 cm³/mol. The van der Waals surface area contributed by atoms with Gasteiger partial charge in [0.15, 0.2) is 5.96 Å². The summed E-state index contributed by atoms with van der Waals surface area (Å²) in [5, 5.41) is 8.75. The van der Waals surface area contributed by atoms with Gasteiger partial charge in [-0.2, -0.15) is 5.26 Å². The Bertz CT molecular complexity index is 478. The van der Waals surface area contributed by atoms with Crippen LogP contribution >= 0.6 is 24.0 Å². The molecule has 0 amide bonds. The lowest BCUT2D eigenvalue weighted by Gasteiger charge is -2.19. The number of nitriles is 1. The van der Waals surface area contributed by atoms with Crippen LogP contribution in [0.2, 0.25) is 0 Å². The van der Waals surface area contributed by atoms with E-state index in [4.69, 9.17) is 11.0 Å². The number of nitrogens with zero attached hydrogens (tertiary/aromatic N) is 3. The second-order valence-electron chi connectivity index (χ2n) is 3.76. The molecule has 0 aliphatic carbocycles. The second-order valence-corrected chi connectivity index (χ2v) is 3.76. The van der Waals surface area contributed by atoms with Crippen LogP contribution < -0.4 is 5.73 Å². The molecule has 0 aliphatic heterocycles. The normalized spacial score (nSPS) is 10.5. The molecular formula is C13H18FIN4. The number of nitrogens with two attached hydrogens (primary N) is 1. The molecule has 1 aromatic rings. The first-order valence-electron chi connectivity index (χ1n) is 5.85. The van der Waals surface area contributed by atoms with Crippen LogP contribution in [0.4, 0.5) is 4.39 Å². The Balaban J connectivity index is 0.00000324. The minimum absolute atomic E-state index is 0. The lowest BCUT2D eigenvalue weighted by Crippen LogP contribution is -2.37. The third kappa shape index (κ3) is 5.03. The van der Waals surface area contributed by atoms with Crippen LogP contribution in [0.25, 0.3) is 0 Å². The van der Waals surface area contributed by atoms with E-state index in [1.54, 1.807) is 0 Å². The minimum Gasteiger partial charge on any atom is -0.370 e. The zero-order valence-corrected chi connectivity index (χ0v) is 13.4. The van der Waals surface area contributed by atoms with Crippen molar-refractivity contribution in [2.24, 2.45) is 10.7 Å². The van der Waals surface area contributed by atoms with Gasteiger partial charge in [0.25, 0.3) is 0 Å². The number of guanidine groups is 1. The van der Waals surface area contributed by atoms with Crippen molar-refractivity contribution in [1.29, 1.82) is 5.26 Å². The third-order valence-electron chi connectivity index (χ3n) is 2.67. The van der Waals surface area contributed by atoms with Crippen LogP contribution in [0.15, 0.2) is 23.2 Å². The maximum absolute atomic E-state index is 13.5. The van der Waals surface area contributed by atoms with Gasteiger partial charge in [-0.3, -0.25) is 0 Å². The van der Waals surface area contributed by atoms with Crippen LogP contribution in [0.3, 0.4) is 0 Å². The predicted octanol–water partition coefficient (Wildman–Crippen LogP) is 2.47. The van der Waals surface area contributed by atoms with E-state index in [2.05, 4.69) is 4.99 Å². The number of hydrogen-bond donors (Lipinski definition) is 1. The Hall–Kier alpha value is -1.36. The molecule has 0 fully saturated rings. The van der Waals surface area contributed by atoms with E-state index >= 15 is 0 Å². The highest BCUT2D eigenvalue weighted by Gasteiger charge is 2.05. The minimum atomic E-state index is -0.370. The van der Waals surface area contributed by atoms with Gasteiger partial charge in [0.2, 0.25) is 0 Å². The first-order valence-corrected chi connectivity index (χ1v) is 5.85. The highest BCUT2D eigenvalue weighted by Crippen LogP contribution is 2.11. The Morgan fingerprint density at radius 2 is 2.05 bits per heavy atom. The summed E-state index contributed by atoms with van der Waals surface area (Å²) < 4.78 is 13.5. The summed E-state index contributed by atoms with van der Waals surface area (Å²) in [5.74, 6) is 0.0202. The van der Waals surface area contributed by atoms with Crippen LogP contribution in [0, 0.1) is 17.1 Å². The Labute approximate surface area is 130 Å². The summed E-state index contributed by atoms with van der Waals surface area (Å²) in [5.41, 5.74) is 6.59. The highest BCUT2D eigenvalue weighted by atomic mass is 127. The Kier molecular flexibility index (Phi) is 8.07. The Morgan fingerprint density at radius 3 is 2.58 bits per heavy atom. The lowest BCUT2D eigenvalue weighted by atomic mass is 10.1. The van der Waals surface area contributed by atoms with E-state index < -0.39 is 0 Å². The number of halogens is 2. The molecule has 6 heteroatoms. The molecule has 0 bridgehead atoms. The van der Waals surface area contributed by atoms with E-state index in [0.29, 0.717) is 17.1 Å². The van der Waals surface area contributed by atoms with E-state index in [1.165, 1.54) is 18.2 Å². The van der Waals surface area contributed by atoms with Crippen molar-refractivity contribution in [3.8, 4) is 6.07 Å². The molecule has 0 atom stereocenters. The zero-order chi connectivity index (χ0) is 13.5. The fourth-order valence-electron chi connectivity index (χ4n) is 1.58. The molecule has 0 unspecified atom stereocenters. The molecule has 0 saturated carbocycles. The zero-order valence-electron chi connectivity index (χ0n) is 11.1. The molecule has 4 nitrogen and oxygen atoms in total. The fraction of sp³-hybridized carbons (Fsp3) is 0.385. The van der Waals surface area contributed by atoms with Crippen LogP contribution in [-0.4, -0.2) is 23.9 Å². The van der Waals surface area contributed by atoms with Gasteiger partial charge in [-0.1, -0.05) is 0 Å². The quantitative estimate of drug-likeness (QED) is 0.499. The van der Waals surface area contributed by atoms with Crippen molar-refractivity contribution in [2.45, 2.75) is 20.4 Å². The van der Waals surface area contributed by atoms with Gasteiger partial charge >= 0.3 is 0 Å². The number of benzene rings is 1. The maximum Gasteiger partial charge on any atom is 0.191 e. The van der Waals surface area contributed by atoms with Gasteiger partial charge in [0.1, 0.15) is 5.82 Å². The highest BCUT2D eigenvalue weighted by molar-refractivity contribution is 14.0. The number of aliphatic imine (C=N–C) groups is 1. The van der Waals surface area contributed by atoms with Crippen molar-refractivity contribution < 1.29 is 4.39 Å². The molecule has 0 heterocycles. The van der Waals surface area contributed by atoms with Crippen LogP contribution in [0.5, 0.6) is 0 Å². The monoisotopic (exact) mass is 376 g/mol. The SMILES string of the molecule is CCN(CC)C(N)=NCc1cc(C#N)ccc1F.I. The first kappa shape index (κ1) is 17.6. The summed E-state index contributed by atoms with van der Waals surface area (Å²) >= 11 is 0. The lowest BCUT2D eigenvalue weighted by molar-refractivity contribution is 0.458. The van der Waals surface area contributed by atoms with Gasteiger partial charge in [0, 0.05) is 18.7 Å². The summed E-state index contributed by atoms with van der Waals surface area (Å²) in [4.78, 5) is 6.02. The molecule has 0 aromatic heterocycles. The molecule has 0 radical (unpaired) electrons. The van der Waals surface area contributed by atoms with Crippen molar-refractivity contribution in [3.05, 3.63) is 35.1 Å².